The van der Waals surface area contributed by atoms with Crippen LogP contribution in [0.4, 0.5) is 0 Å². The summed E-state index contributed by atoms with van der Waals surface area (Å²) in [5, 5.41) is 6.67. The molecule has 4 heteroatoms. The number of hydrogen-bond acceptors (Lipinski definition) is 3. The predicted octanol–water partition coefficient (Wildman–Crippen LogP) is 1.12. The molecular weight excluding hydrogens is 238 g/mol. The first-order valence-electron chi connectivity index (χ1n) is 8.07. The van der Waals surface area contributed by atoms with Crippen molar-refractivity contribution in [3.63, 3.8) is 0 Å². The van der Waals surface area contributed by atoms with Crippen molar-refractivity contribution >= 4 is 5.91 Å². The van der Waals surface area contributed by atoms with E-state index in [1.807, 2.05) is 0 Å². The summed E-state index contributed by atoms with van der Waals surface area (Å²) in [6, 6.07) is 1.07. The van der Waals surface area contributed by atoms with Gasteiger partial charge in [0.05, 0.1) is 0 Å². The summed E-state index contributed by atoms with van der Waals surface area (Å²) >= 11 is 0. The Kier molecular flexibility index (Phi) is 4.38. The Morgan fingerprint density at radius 3 is 2.84 bits per heavy atom. The van der Waals surface area contributed by atoms with Gasteiger partial charge >= 0.3 is 0 Å². The van der Waals surface area contributed by atoms with Crippen molar-refractivity contribution in [2.75, 3.05) is 26.2 Å². The van der Waals surface area contributed by atoms with Crippen LogP contribution >= 0.6 is 0 Å². The Morgan fingerprint density at radius 1 is 1.16 bits per heavy atom. The van der Waals surface area contributed by atoms with Gasteiger partial charge in [-0.25, -0.2) is 0 Å². The third kappa shape index (κ3) is 3.29. The van der Waals surface area contributed by atoms with Crippen LogP contribution in [-0.4, -0.2) is 49.1 Å². The fraction of sp³-hybridized carbons (Fsp3) is 0.933. The maximum atomic E-state index is 12.1. The van der Waals surface area contributed by atoms with Gasteiger partial charge in [-0.1, -0.05) is 0 Å². The Balaban J connectivity index is 1.39. The molecule has 2 unspecified atom stereocenters. The average molecular weight is 265 g/mol. The molecule has 0 aromatic carbocycles. The molecule has 0 spiro atoms. The third-order valence-electron chi connectivity index (χ3n) is 5.19. The minimum atomic E-state index is 0.289. The van der Waals surface area contributed by atoms with E-state index < -0.39 is 0 Å². The summed E-state index contributed by atoms with van der Waals surface area (Å²) in [6.07, 6.45) is 8.04. The standard InChI is InChI=1S/C15H27N3O/c19-15(4-3-12-5-8-16-9-6-12)17-13-7-11-18-10-1-2-14(13)18/h12-14,16H,1-11H2,(H,17,19). The summed E-state index contributed by atoms with van der Waals surface area (Å²) in [4.78, 5) is 14.6. The number of carbonyl (C=O) groups excluding carboxylic acids is 1. The lowest BCUT2D eigenvalue weighted by Crippen LogP contribution is -2.42. The molecule has 3 rings (SSSR count). The fourth-order valence-corrected chi connectivity index (χ4v) is 4.04. The van der Waals surface area contributed by atoms with Crippen LogP contribution in [0.1, 0.15) is 44.9 Å². The molecule has 108 valence electrons. The summed E-state index contributed by atoms with van der Waals surface area (Å²) in [7, 11) is 0. The van der Waals surface area contributed by atoms with Crippen LogP contribution < -0.4 is 10.6 Å². The van der Waals surface area contributed by atoms with Gasteiger partial charge in [0, 0.05) is 25.0 Å². The average Bonchev–Trinajstić information content (AvgIpc) is 3.03. The van der Waals surface area contributed by atoms with Crippen molar-refractivity contribution in [3.8, 4) is 0 Å². The highest BCUT2D eigenvalue weighted by molar-refractivity contribution is 5.76. The van der Waals surface area contributed by atoms with Gasteiger partial charge in [0.2, 0.25) is 5.91 Å². The maximum absolute atomic E-state index is 12.1. The number of hydrogen-bond donors (Lipinski definition) is 2. The van der Waals surface area contributed by atoms with E-state index in [1.54, 1.807) is 0 Å². The van der Waals surface area contributed by atoms with Gasteiger partial charge in [-0.3, -0.25) is 9.69 Å². The first-order chi connectivity index (χ1) is 9.33. The molecule has 3 aliphatic rings. The molecule has 4 nitrogen and oxygen atoms in total. The molecule has 1 amide bonds. The lowest BCUT2D eigenvalue weighted by molar-refractivity contribution is -0.122. The lowest BCUT2D eigenvalue weighted by Gasteiger charge is -2.24. The second kappa shape index (κ2) is 6.23. The third-order valence-corrected chi connectivity index (χ3v) is 5.19. The topological polar surface area (TPSA) is 44.4 Å². The largest absolute Gasteiger partial charge is 0.352 e. The summed E-state index contributed by atoms with van der Waals surface area (Å²) in [6.45, 7) is 4.69. The highest BCUT2D eigenvalue weighted by atomic mass is 16.1. The van der Waals surface area contributed by atoms with Crippen molar-refractivity contribution in [3.05, 3.63) is 0 Å². The van der Waals surface area contributed by atoms with Gasteiger partial charge in [-0.2, -0.15) is 0 Å². The Hall–Kier alpha value is -0.610. The first-order valence-corrected chi connectivity index (χ1v) is 8.07. The van der Waals surface area contributed by atoms with Crippen LogP contribution in [0.3, 0.4) is 0 Å². The molecule has 19 heavy (non-hydrogen) atoms. The number of nitrogens with one attached hydrogen (secondary N) is 2. The van der Waals surface area contributed by atoms with Crippen LogP contribution in [0.15, 0.2) is 0 Å². The van der Waals surface area contributed by atoms with E-state index in [1.165, 1.54) is 38.8 Å². The number of amides is 1. The number of carbonyl (C=O) groups is 1. The maximum Gasteiger partial charge on any atom is 0.220 e. The van der Waals surface area contributed by atoms with Gasteiger partial charge in [-0.15, -0.1) is 0 Å². The Bertz CT molecular complexity index is 315. The van der Waals surface area contributed by atoms with E-state index in [9.17, 15) is 4.79 Å². The van der Waals surface area contributed by atoms with E-state index in [0.717, 1.165) is 38.3 Å². The lowest BCUT2D eigenvalue weighted by atomic mass is 9.93. The van der Waals surface area contributed by atoms with Gasteiger partial charge < -0.3 is 10.6 Å². The molecule has 3 fully saturated rings. The molecule has 0 aromatic heterocycles. The second-order valence-corrected chi connectivity index (χ2v) is 6.44. The van der Waals surface area contributed by atoms with Crippen LogP contribution in [-0.2, 0) is 4.79 Å². The van der Waals surface area contributed by atoms with Crippen molar-refractivity contribution < 1.29 is 4.79 Å². The van der Waals surface area contributed by atoms with Gasteiger partial charge in [0.1, 0.15) is 0 Å². The summed E-state index contributed by atoms with van der Waals surface area (Å²) < 4.78 is 0. The molecule has 3 saturated heterocycles. The zero-order valence-electron chi connectivity index (χ0n) is 11.9. The SMILES string of the molecule is O=C(CCC1CCNCC1)NC1CCN2CCCC12. The summed E-state index contributed by atoms with van der Waals surface area (Å²) in [5.41, 5.74) is 0. The van der Waals surface area contributed by atoms with Crippen LogP contribution in [0, 0.1) is 5.92 Å². The zero-order valence-corrected chi connectivity index (χ0v) is 11.9. The fourth-order valence-electron chi connectivity index (χ4n) is 4.04. The van der Waals surface area contributed by atoms with Crippen LogP contribution in [0.2, 0.25) is 0 Å². The summed E-state index contributed by atoms with van der Waals surface area (Å²) in [5.74, 6) is 1.05. The molecule has 3 heterocycles. The van der Waals surface area contributed by atoms with E-state index in [-0.39, 0.29) is 5.91 Å². The number of fused-ring (bicyclic) bond motifs is 1. The second-order valence-electron chi connectivity index (χ2n) is 6.44. The van der Waals surface area contributed by atoms with E-state index in [4.69, 9.17) is 0 Å². The quantitative estimate of drug-likeness (QED) is 0.800. The van der Waals surface area contributed by atoms with Crippen molar-refractivity contribution in [2.45, 2.75) is 57.0 Å². The minimum Gasteiger partial charge on any atom is -0.352 e. The first kappa shape index (κ1) is 13.4. The van der Waals surface area contributed by atoms with Gasteiger partial charge in [0.15, 0.2) is 0 Å². The van der Waals surface area contributed by atoms with Crippen molar-refractivity contribution in [2.24, 2.45) is 5.92 Å². The predicted molar refractivity (Wildman–Crippen MR) is 76.0 cm³/mol. The number of rotatable bonds is 4. The van der Waals surface area contributed by atoms with E-state index in [0.29, 0.717) is 12.1 Å². The van der Waals surface area contributed by atoms with Crippen LogP contribution in [0.25, 0.3) is 0 Å². The molecule has 0 saturated carbocycles. The zero-order chi connectivity index (χ0) is 13.1. The number of nitrogens with zero attached hydrogens (tertiary/aromatic N) is 1. The van der Waals surface area contributed by atoms with Gasteiger partial charge in [-0.05, 0) is 64.1 Å². The number of piperidine rings is 1. The van der Waals surface area contributed by atoms with E-state index >= 15 is 0 Å². The smallest absolute Gasteiger partial charge is 0.220 e. The molecule has 0 aromatic rings. The molecule has 3 aliphatic heterocycles. The molecular formula is C15H27N3O. The molecule has 2 N–H and O–H groups in total. The molecule has 2 atom stereocenters. The van der Waals surface area contributed by atoms with E-state index in [2.05, 4.69) is 15.5 Å². The van der Waals surface area contributed by atoms with Gasteiger partial charge in [0.25, 0.3) is 0 Å². The minimum absolute atomic E-state index is 0.289. The molecule has 0 bridgehead atoms. The Morgan fingerprint density at radius 2 is 2.00 bits per heavy atom. The highest BCUT2D eigenvalue weighted by Gasteiger charge is 2.37. The monoisotopic (exact) mass is 265 g/mol. The van der Waals surface area contributed by atoms with Crippen LogP contribution in [0.5, 0.6) is 0 Å². The van der Waals surface area contributed by atoms with Crippen molar-refractivity contribution in [1.82, 2.24) is 15.5 Å². The Labute approximate surface area is 116 Å². The normalized spacial score (nSPS) is 32.4. The highest BCUT2D eigenvalue weighted by Crippen LogP contribution is 2.28. The van der Waals surface area contributed by atoms with Crippen molar-refractivity contribution in [1.29, 1.82) is 0 Å². The molecule has 0 aliphatic carbocycles. The molecule has 0 radical (unpaired) electrons.